The lowest BCUT2D eigenvalue weighted by Gasteiger charge is -2.34. The van der Waals surface area contributed by atoms with Crippen LogP contribution in [0.25, 0.3) is 0 Å². The summed E-state index contributed by atoms with van der Waals surface area (Å²) in [5, 5.41) is 3.47. The van der Waals surface area contributed by atoms with Gasteiger partial charge in [-0.15, -0.1) is 0 Å². The van der Waals surface area contributed by atoms with Crippen molar-refractivity contribution in [2.45, 2.75) is 45.8 Å². The Kier molecular flexibility index (Phi) is 11.0. The topological polar surface area (TPSA) is 96.0 Å². The third-order valence-corrected chi connectivity index (χ3v) is 7.46. The van der Waals surface area contributed by atoms with Crippen LogP contribution in [0.1, 0.15) is 31.9 Å². The molecule has 3 aromatic carbocycles. The molecular formula is C30H36ClN3O5S. The van der Waals surface area contributed by atoms with Crippen LogP contribution in [0.5, 0.6) is 5.75 Å². The number of nitrogens with one attached hydrogen (secondary N) is 1. The summed E-state index contributed by atoms with van der Waals surface area (Å²) in [5.41, 5.74) is 1.86. The fourth-order valence-electron chi connectivity index (χ4n) is 4.26. The Morgan fingerprint density at radius 1 is 0.925 bits per heavy atom. The van der Waals surface area contributed by atoms with Crippen molar-refractivity contribution in [2.75, 3.05) is 23.7 Å². The number of amides is 2. The van der Waals surface area contributed by atoms with E-state index in [0.29, 0.717) is 17.4 Å². The van der Waals surface area contributed by atoms with Gasteiger partial charge in [0.15, 0.2) is 0 Å². The molecule has 0 unspecified atom stereocenters. The van der Waals surface area contributed by atoms with E-state index in [1.807, 2.05) is 44.2 Å². The van der Waals surface area contributed by atoms with Crippen LogP contribution in [0.2, 0.25) is 5.02 Å². The molecule has 0 saturated carbocycles. The molecule has 0 fully saturated rings. The number of hydrogen-bond acceptors (Lipinski definition) is 5. The number of rotatable bonds is 13. The van der Waals surface area contributed by atoms with Gasteiger partial charge in [-0.2, -0.15) is 0 Å². The molecule has 0 bridgehead atoms. The smallest absolute Gasteiger partial charge is 0.244 e. The third-order valence-electron chi connectivity index (χ3n) is 6.08. The SMILES string of the molecule is CCOc1ccccc1N(CC(=O)N(Cc1ccc(Cl)cc1)[C@H](Cc1ccccc1)C(=O)NC(C)C)S(C)(=O)=O. The van der Waals surface area contributed by atoms with E-state index in [1.54, 1.807) is 55.5 Å². The van der Waals surface area contributed by atoms with Crippen molar-refractivity contribution in [1.29, 1.82) is 0 Å². The lowest BCUT2D eigenvalue weighted by atomic mass is 10.0. The van der Waals surface area contributed by atoms with Gasteiger partial charge in [-0.05, 0) is 56.2 Å². The summed E-state index contributed by atoms with van der Waals surface area (Å²) in [4.78, 5) is 29.1. The first-order chi connectivity index (χ1) is 19.0. The van der Waals surface area contributed by atoms with Gasteiger partial charge in [-0.1, -0.05) is 66.2 Å². The number of benzene rings is 3. The Hall–Kier alpha value is -3.56. The zero-order chi connectivity index (χ0) is 29.3. The predicted molar refractivity (Wildman–Crippen MR) is 159 cm³/mol. The van der Waals surface area contributed by atoms with Gasteiger partial charge in [0.2, 0.25) is 21.8 Å². The number of hydrogen-bond donors (Lipinski definition) is 1. The van der Waals surface area contributed by atoms with Gasteiger partial charge in [0.25, 0.3) is 0 Å². The summed E-state index contributed by atoms with van der Waals surface area (Å²) in [6.07, 6.45) is 1.28. The maximum Gasteiger partial charge on any atom is 0.244 e. The Morgan fingerprint density at radius 2 is 1.55 bits per heavy atom. The van der Waals surface area contributed by atoms with Crippen molar-refractivity contribution in [3.63, 3.8) is 0 Å². The molecule has 0 saturated heterocycles. The number of carbonyl (C=O) groups excluding carboxylic acids is 2. The van der Waals surface area contributed by atoms with Gasteiger partial charge in [0.05, 0.1) is 18.6 Å². The molecule has 0 aromatic heterocycles. The largest absolute Gasteiger partial charge is 0.492 e. The average Bonchev–Trinajstić information content (AvgIpc) is 2.90. The molecule has 0 spiro atoms. The maximum atomic E-state index is 14.1. The van der Waals surface area contributed by atoms with Crippen LogP contribution in [0.15, 0.2) is 78.9 Å². The van der Waals surface area contributed by atoms with E-state index in [4.69, 9.17) is 16.3 Å². The number of anilines is 1. The van der Waals surface area contributed by atoms with Gasteiger partial charge in [-0.3, -0.25) is 13.9 Å². The Labute approximate surface area is 241 Å². The van der Waals surface area contributed by atoms with E-state index in [2.05, 4.69) is 5.32 Å². The number of ether oxygens (including phenoxy) is 1. The van der Waals surface area contributed by atoms with Crippen molar-refractivity contribution < 1.29 is 22.7 Å². The summed E-state index contributed by atoms with van der Waals surface area (Å²) < 4.78 is 32.7. The summed E-state index contributed by atoms with van der Waals surface area (Å²) in [6, 6.07) is 22.0. The number of carbonyl (C=O) groups is 2. The predicted octanol–water partition coefficient (Wildman–Crippen LogP) is 4.67. The van der Waals surface area contributed by atoms with Crippen LogP contribution in [0, 0.1) is 0 Å². The van der Waals surface area contributed by atoms with E-state index in [1.165, 1.54) is 4.90 Å². The minimum Gasteiger partial charge on any atom is -0.492 e. The van der Waals surface area contributed by atoms with E-state index >= 15 is 0 Å². The lowest BCUT2D eigenvalue weighted by Crippen LogP contribution is -2.54. The van der Waals surface area contributed by atoms with Crippen LogP contribution in [0.4, 0.5) is 5.69 Å². The minimum absolute atomic E-state index is 0.0731. The summed E-state index contributed by atoms with van der Waals surface area (Å²) >= 11 is 6.09. The van der Waals surface area contributed by atoms with E-state index in [-0.39, 0.29) is 30.6 Å². The molecule has 3 rings (SSSR count). The van der Waals surface area contributed by atoms with Crippen LogP contribution >= 0.6 is 11.6 Å². The van der Waals surface area contributed by atoms with E-state index < -0.39 is 28.5 Å². The molecular weight excluding hydrogens is 550 g/mol. The maximum absolute atomic E-state index is 14.1. The van der Waals surface area contributed by atoms with E-state index in [9.17, 15) is 18.0 Å². The van der Waals surface area contributed by atoms with Crippen LogP contribution in [0.3, 0.4) is 0 Å². The molecule has 0 radical (unpaired) electrons. The Balaban J connectivity index is 2.07. The highest BCUT2D eigenvalue weighted by Crippen LogP contribution is 2.30. The quantitative estimate of drug-likeness (QED) is 0.314. The second-order valence-corrected chi connectivity index (χ2v) is 12.0. The zero-order valence-electron chi connectivity index (χ0n) is 23.2. The highest BCUT2D eigenvalue weighted by molar-refractivity contribution is 7.92. The highest BCUT2D eigenvalue weighted by Gasteiger charge is 2.33. The fourth-order valence-corrected chi connectivity index (χ4v) is 5.24. The standard InChI is InChI=1S/C30H36ClN3O5S/c1-5-39-28-14-10-9-13-26(28)34(40(4,37)38)21-29(35)33(20-24-15-17-25(31)18-16-24)27(30(36)32-22(2)3)19-23-11-7-6-8-12-23/h6-18,22,27H,5,19-21H2,1-4H3,(H,32,36)/t27-/m1/s1. The monoisotopic (exact) mass is 585 g/mol. The molecule has 10 heteroatoms. The lowest BCUT2D eigenvalue weighted by molar-refractivity contribution is -0.140. The first-order valence-corrected chi connectivity index (χ1v) is 15.3. The van der Waals surface area contributed by atoms with Crippen molar-refractivity contribution in [3.8, 4) is 5.75 Å². The molecule has 2 amide bonds. The molecule has 214 valence electrons. The number of para-hydroxylation sites is 2. The molecule has 40 heavy (non-hydrogen) atoms. The van der Waals surface area contributed by atoms with Gasteiger partial charge >= 0.3 is 0 Å². The van der Waals surface area contributed by atoms with Crippen LogP contribution in [-0.2, 0) is 32.6 Å². The molecule has 1 atom stereocenters. The second-order valence-electron chi connectivity index (χ2n) is 9.69. The Bertz CT molecular complexity index is 1380. The van der Waals surface area contributed by atoms with Gasteiger partial charge < -0.3 is 15.0 Å². The summed E-state index contributed by atoms with van der Waals surface area (Å²) in [5.74, 6) is -0.529. The van der Waals surface area contributed by atoms with Crippen molar-refractivity contribution in [3.05, 3.63) is 95.0 Å². The van der Waals surface area contributed by atoms with Crippen molar-refractivity contribution >= 4 is 39.1 Å². The Morgan fingerprint density at radius 3 is 2.15 bits per heavy atom. The summed E-state index contributed by atoms with van der Waals surface area (Å²) in [6.45, 7) is 5.36. The molecule has 3 aromatic rings. The highest BCUT2D eigenvalue weighted by atomic mass is 35.5. The normalized spacial score (nSPS) is 12.1. The van der Waals surface area contributed by atoms with Crippen molar-refractivity contribution in [1.82, 2.24) is 10.2 Å². The molecule has 0 aliphatic rings. The second kappa shape index (κ2) is 14.2. The molecule has 0 aliphatic carbocycles. The van der Waals surface area contributed by atoms with Gasteiger partial charge in [-0.25, -0.2) is 8.42 Å². The van der Waals surface area contributed by atoms with Crippen LogP contribution < -0.4 is 14.4 Å². The first-order valence-electron chi connectivity index (χ1n) is 13.1. The molecule has 8 nitrogen and oxygen atoms in total. The van der Waals surface area contributed by atoms with Gasteiger partial charge in [0, 0.05) is 24.0 Å². The number of nitrogens with zero attached hydrogens (tertiary/aromatic N) is 2. The third kappa shape index (κ3) is 8.72. The molecule has 1 N–H and O–H groups in total. The zero-order valence-corrected chi connectivity index (χ0v) is 24.8. The minimum atomic E-state index is -3.90. The molecule has 0 heterocycles. The molecule has 0 aliphatic heterocycles. The average molecular weight is 586 g/mol. The van der Waals surface area contributed by atoms with Crippen LogP contribution in [-0.4, -0.2) is 56.6 Å². The number of sulfonamides is 1. The van der Waals surface area contributed by atoms with Gasteiger partial charge in [0.1, 0.15) is 18.3 Å². The fraction of sp³-hybridized carbons (Fsp3) is 0.333. The van der Waals surface area contributed by atoms with E-state index in [0.717, 1.165) is 21.7 Å². The first kappa shape index (κ1) is 31.0. The number of halogens is 1. The summed E-state index contributed by atoms with van der Waals surface area (Å²) in [7, 11) is -3.90. The van der Waals surface area contributed by atoms with Crippen molar-refractivity contribution in [2.24, 2.45) is 0 Å².